The third-order valence-corrected chi connectivity index (χ3v) is 6.00. The summed E-state index contributed by atoms with van der Waals surface area (Å²) in [6, 6.07) is 11.4. The Bertz CT molecular complexity index is 1220. The number of benzene rings is 2. The van der Waals surface area contributed by atoms with Gasteiger partial charge in [0.15, 0.2) is 6.29 Å². The summed E-state index contributed by atoms with van der Waals surface area (Å²) in [5.41, 5.74) is 13.0. The molecule has 36 heavy (non-hydrogen) atoms. The molecule has 3 aromatic rings. The summed E-state index contributed by atoms with van der Waals surface area (Å²) in [5.74, 6) is 0.108. The molecule has 2 heterocycles. The van der Waals surface area contributed by atoms with E-state index in [9.17, 15) is 26.3 Å². The first-order valence-corrected chi connectivity index (χ1v) is 11.2. The third-order valence-electron chi connectivity index (χ3n) is 6.00. The SMILES string of the molecule is CC(C)CN1c2cc(-c3ncccc3C(F)(F)F)ccc2C(N)N(c2ccc(C(F)(F)F)cc2)C1N. The van der Waals surface area contributed by atoms with Crippen LogP contribution in [0.1, 0.15) is 36.7 Å². The van der Waals surface area contributed by atoms with E-state index < -0.39 is 35.9 Å². The van der Waals surface area contributed by atoms with Crippen molar-refractivity contribution < 1.29 is 26.3 Å². The fraction of sp³-hybridized carbons (Fsp3) is 0.320. The van der Waals surface area contributed by atoms with Crippen molar-refractivity contribution in [1.29, 1.82) is 0 Å². The Morgan fingerprint density at radius 3 is 2.17 bits per heavy atom. The Labute approximate surface area is 204 Å². The number of fused-ring (bicyclic) bond motifs is 1. The summed E-state index contributed by atoms with van der Waals surface area (Å²) >= 11 is 0. The maximum Gasteiger partial charge on any atom is 0.418 e. The zero-order chi connectivity index (χ0) is 26.4. The van der Waals surface area contributed by atoms with Crippen LogP contribution in [0.15, 0.2) is 60.8 Å². The summed E-state index contributed by atoms with van der Waals surface area (Å²) in [6.07, 6.45) is -9.52. The fourth-order valence-electron chi connectivity index (χ4n) is 4.40. The maximum absolute atomic E-state index is 13.6. The van der Waals surface area contributed by atoms with Crippen LogP contribution in [0.25, 0.3) is 11.3 Å². The molecule has 1 aliphatic heterocycles. The van der Waals surface area contributed by atoms with Gasteiger partial charge in [0.25, 0.3) is 0 Å². The second kappa shape index (κ2) is 9.29. The molecule has 2 aromatic carbocycles. The first-order chi connectivity index (χ1) is 16.8. The lowest BCUT2D eigenvalue weighted by molar-refractivity contribution is -0.138. The topological polar surface area (TPSA) is 71.4 Å². The standard InChI is InChI=1S/C25H25F6N5/c1-14(2)13-35-20-12-15(21-19(25(29,30)31)4-3-11-34-21)5-10-18(20)22(32)36(23(35)33)17-8-6-16(7-9-17)24(26,27)28/h3-12,14,22-23H,13,32-33H2,1-2H3. The monoisotopic (exact) mass is 509 g/mol. The Kier molecular flexibility index (Phi) is 6.65. The molecule has 0 saturated heterocycles. The minimum absolute atomic E-state index is 0.108. The minimum Gasteiger partial charge on any atom is -0.338 e. The molecule has 4 rings (SSSR count). The Morgan fingerprint density at radius 2 is 1.58 bits per heavy atom. The molecule has 0 saturated carbocycles. The molecule has 1 aliphatic rings. The maximum atomic E-state index is 13.6. The zero-order valence-electron chi connectivity index (χ0n) is 19.5. The lowest BCUT2D eigenvalue weighted by atomic mass is 9.97. The van der Waals surface area contributed by atoms with Crippen LogP contribution < -0.4 is 21.3 Å². The second-order valence-corrected chi connectivity index (χ2v) is 9.03. The molecule has 0 amide bonds. The molecule has 0 fully saturated rings. The van der Waals surface area contributed by atoms with Gasteiger partial charge in [0.05, 0.1) is 16.8 Å². The van der Waals surface area contributed by atoms with E-state index >= 15 is 0 Å². The molecule has 0 radical (unpaired) electrons. The summed E-state index contributed by atoms with van der Waals surface area (Å²) in [6.45, 7) is 4.33. The number of aromatic nitrogens is 1. The van der Waals surface area contributed by atoms with Crippen LogP contribution in [-0.4, -0.2) is 17.8 Å². The van der Waals surface area contributed by atoms with Crippen molar-refractivity contribution in [1.82, 2.24) is 4.98 Å². The molecule has 192 valence electrons. The molecule has 0 aliphatic carbocycles. The van der Waals surface area contributed by atoms with E-state index in [1.54, 1.807) is 21.9 Å². The molecule has 4 N–H and O–H groups in total. The van der Waals surface area contributed by atoms with E-state index in [1.165, 1.54) is 30.5 Å². The summed E-state index contributed by atoms with van der Waals surface area (Å²) < 4.78 is 80.0. The highest BCUT2D eigenvalue weighted by Crippen LogP contribution is 2.42. The Morgan fingerprint density at radius 1 is 0.917 bits per heavy atom. The number of hydrogen-bond acceptors (Lipinski definition) is 5. The molecule has 0 spiro atoms. The zero-order valence-corrected chi connectivity index (χ0v) is 19.5. The van der Waals surface area contributed by atoms with Gasteiger partial charge in [-0.25, -0.2) is 0 Å². The highest BCUT2D eigenvalue weighted by molar-refractivity contribution is 5.74. The van der Waals surface area contributed by atoms with Crippen LogP contribution in [0.2, 0.25) is 0 Å². The normalized spacial score (nSPS) is 18.5. The van der Waals surface area contributed by atoms with Crippen molar-refractivity contribution in [2.24, 2.45) is 17.4 Å². The highest BCUT2D eigenvalue weighted by atomic mass is 19.4. The van der Waals surface area contributed by atoms with E-state index in [0.29, 0.717) is 23.5 Å². The number of hydrogen-bond donors (Lipinski definition) is 2. The highest BCUT2D eigenvalue weighted by Gasteiger charge is 2.38. The molecular weight excluding hydrogens is 484 g/mol. The number of halogens is 6. The number of nitrogens with two attached hydrogens (primary N) is 2. The predicted octanol–water partition coefficient (Wildman–Crippen LogP) is 5.97. The number of nitrogens with zero attached hydrogens (tertiary/aromatic N) is 3. The lowest BCUT2D eigenvalue weighted by Gasteiger charge is -2.49. The fourth-order valence-corrected chi connectivity index (χ4v) is 4.40. The van der Waals surface area contributed by atoms with Gasteiger partial charge < -0.3 is 15.5 Å². The summed E-state index contributed by atoms with van der Waals surface area (Å²) in [4.78, 5) is 7.36. The van der Waals surface area contributed by atoms with Gasteiger partial charge in [-0.2, -0.15) is 26.3 Å². The van der Waals surface area contributed by atoms with Crippen molar-refractivity contribution >= 4 is 11.4 Å². The summed E-state index contributed by atoms with van der Waals surface area (Å²) in [5, 5.41) is 0. The van der Waals surface area contributed by atoms with Crippen LogP contribution in [0.3, 0.4) is 0 Å². The number of anilines is 2. The summed E-state index contributed by atoms with van der Waals surface area (Å²) in [7, 11) is 0. The minimum atomic E-state index is -4.59. The van der Waals surface area contributed by atoms with E-state index in [4.69, 9.17) is 11.5 Å². The molecule has 2 unspecified atom stereocenters. The average molecular weight is 509 g/mol. The van der Waals surface area contributed by atoms with Crippen molar-refractivity contribution in [3.63, 3.8) is 0 Å². The van der Waals surface area contributed by atoms with Gasteiger partial charge in [0.1, 0.15) is 6.17 Å². The van der Waals surface area contributed by atoms with Crippen LogP contribution in [0, 0.1) is 5.92 Å². The number of pyridine rings is 1. The largest absolute Gasteiger partial charge is 0.418 e. The van der Waals surface area contributed by atoms with Gasteiger partial charge in [0, 0.05) is 35.2 Å². The van der Waals surface area contributed by atoms with E-state index in [1.807, 2.05) is 13.8 Å². The first-order valence-electron chi connectivity index (χ1n) is 11.2. The quantitative estimate of drug-likeness (QED) is 0.424. The van der Waals surface area contributed by atoms with E-state index in [0.717, 1.165) is 18.2 Å². The van der Waals surface area contributed by atoms with Crippen LogP contribution in [0.5, 0.6) is 0 Å². The van der Waals surface area contributed by atoms with Gasteiger partial charge in [-0.05, 0) is 48.4 Å². The van der Waals surface area contributed by atoms with Gasteiger partial charge in [-0.1, -0.05) is 26.0 Å². The van der Waals surface area contributed by atoms with Gasteiger partial charge in [-0.15, -0.1) is 0 Å². The predicted molar refractivity (Wildman–Crippen MR) is 126 cm³/mol. The van der Waals surface area contributed by atoms with Gasteiger partial charge in [0.2, 0.25) is 0 Å². The van der Waals surface area contributed by atoms with Crippen LogP contribution in [0.4, 0.5) is 37.7 Å². The smallest absolute Gasteiger partial charge is 0.338 e. The van der Waals surface area contributed by atoms with Crippen LogP contribution >= 0.6 is 0 Å². The molecule has 1 aromatic heterocycles. The van der Waals surface area contributed by atoms with Crippen molar-refractivity contribution in [3.8, 4) is 11.3 Å². The second-order valence-electron chi connectivity index (χ2n) is 9.03. The van der Waals surface area contributed by atoms with Gasteiger partial charge in [-0.3, -0.25) is 10.7 Å². The molecule has 2 atom stereocenters. The number of alkyl halides is 6. The van der Waals surface area contributed by atoms with Crippen molar-refractivity contribution in [3.05, 3.63) is 77.5 Å². The van der Waals surface area contributed by atoms with Gasteiger partial charge >= 0.3 is 12.4 Å². The molecule has 0 bridgehead atoms. The van der Waals surface area contributed by atoms with E-state index in [2.05, 4.69) is 4.98 Å². The molecule has 11 heteroatoms. The Hall–Kier alpha value is -3.31. The molecule has 5 nitrogen and oxygen atoms in total. The third kappa shape index (κ3) is 4.85. The first kappa shape index (κ1) is 25.8. The van der Waals surface area contributed by atoms with Crippen LogP contribution in [-0.2, 0) is 12.4 Å². The average Bonchev–Trinajstić information content (AvgIpc) is 2.80. The Balaban J connectivity index is 1.81. The van der Waals surface area contributed by atoms with Crippen molar-refractivity contribution in [2.45, 2.75) is 38.7 Å². The molecular formula is C25H25F6N5. The van der Waals surface area contributed by atoms with E-state index in [-0.39, 0.29) is 17.2 Å². The number of rotatable bonds is 4. The lowest BCUT2D eigenvalue weighted by Crippen LogP contribution is -2.61. The van der Waals surface area contributed by atoms with Crippen molar-refractivity contribution in [2.75, 3.05) is 16.3 Å².